The van der Waals surface area contributed by atoms with Gasteiger partial charge in [-0.05, 0) is 26.3 Å². The third-order valence-corrected chi connectivity index (χ3v) is 5.17. The Balaban J connectivity index is 2.04. The maximum atomic E-state index is 15.9. The van der Waals surface area contributed by atoms with Gasteiger partial charge in [0, 0.05) is 18.1 Å². The lowest BCUT2D eigenvalue weighted by atomic mass is 10.00. The summed E-state index contributed by atoms with van der Waals surface area (Å²) in [6, 6.07) is 8.64. The number of nitrogens with one attached hydrogen (secondary N) is 1. The molecule has 2 N–H and O–H groups in total. The Kier molecular flexibility index (Phi) is 8.38. The summed E-state index contributed by atoms with van der Waals surface area (Å²) in [7, 11) is 0. The molecule has 0 radical (unpaired) electrons. The molecule has 1 aliphatic heterocycles. The Morgan fingerprint density at radius 1 is 1.16 bits per heavy atom. The van der Waals surface area contributed by atoms with Crippen molar-refractivity contribution >= 4 is 23.7 Å². The second-order valence-corrected chi connectivity index (χ2v) is 9.43. The predicted molar refractivity (Wildman–Crippen MR) is 126 cm³/mol. The van der Waals surface area contributed by atoms with Gasteiger partial charge in [0.1, 0.15) is 42.5 Å². The first-order valence-corrected chi connectivity index (χ1v) is 11.4. The topological polar surface area (TPSA) is 114 Å². The Bertz CT molecular complexity index is 1200. The second kappa shape index (κ2) is 11.2. The molecular weight excluding hydrogens is 516 g/mol. The van der Waals surface area contributed by atoms with Crippen LogP contribution >= 0.6 is 0 Å². The molecule has 206 valence electrons. The number of carboxylic acids is 1. The largest absolute Gasteiger partial charge is 0.491 e. The molecule has 9 nitrogen and oxygen atoms in total. The summed E-state index contributed by atoms with van der Waals surface area (Å²) in [5, 5.41) is 11.7. The first kappa shape index (κ1) is 28.5. The zero-order valence-corrected chi connectivity index (χ0v) is 20.7. The predicted octanol–water partition coefficient (Wildman–Crippen LogP) is 4.21. The molecule has 1 heterocycles. The number of hydrogen-bond donors (Lipinski definition) is 2. The zero-order valence-electron chi connectivity index (χ0n) is 20.7. The van der Waals surface area contributed by atoms with Crippen LogP contribution in [0.15, 0.2) is 36.4 Å². The smallest absolute Gasteiger partial charge is 0.471 e. The number of hydrogen-bond acceptors (Lipinski definition) is 6. The lowest BCUT2D eigenvalue weighted by molar-refractivity contribution is -0.171. The molecule has 13 heteroatoms. The van der Waals surface area contributed by atoms with E-state index in [9.17, 15) is 32.7 Å². The van der Waals surface area contributed by atoms with Crippen LogP contribution in [0.4, 0.5) is 28.0 Å². The molecule has 0 saturated carbocycles. The fraction of sp³-hybridized carbons (Fsp3) is 0.400. The molecule has 2 aromatic carbocycles. The van der Waals surface area contributed by atoms with E-state index in [0.717, 1.165) is 6.07 Å². The Hall–Kier alpha value is -4.03. The van der Waals surface area contributed by atoms with Gasteiger partial charge in [-0.15, -0.1) is 0 Å². The van der Waals surface area contributed by atoms with E-state index >= 15 is 4.39 Å². The number of aliphatic carboxylic acids is 1. The van der Waals surface area contributed by atoms with Gasteiger partial charge in [-0.2, -0.15) is 13.2 Å². The lowest BCUT2D eigenvalue weighted by Gasteiger charge is -2.31. The van der Waals surface area contributed by atoms with Crippen LogP contribution in [-0.4, -0.2) is 54.0 Å². The fourth-order valence-electron chi connectivity index (χ4n) is 3.65. The van der Waals surface area contributed by atoms with Gasteiger partial charge >= 0.3 is 24.1 Å². The number of alkyl halides is 3. The summed E-state index contributed by atoms with van der Waals surface area (Å²) in [5.74, 6) is -6.37. The number of ether oxygens (including phenoxy) is 3. The van der Waals surface area contributed by atoms with Crippen molar-refractivity contribution in [2.24, 2.45) is 0 Å². The van der Waals surface area contributed by atoms with Crippen LogP contribution < -0.4 is 19.7 Å². The lowest BCUT2D eigenvalue weighted by Crippen LogP contribution is -2.46. The zero-order chi connectivity index (χ0) is 28.3. The standard InChI is InChI=1S/C25H26F4N2O7/c1-24(2,3)38-23(35)30-15-9-16-17(37-13-15)10-18(36-12-14-7-5-4-6-8-14)21(20(16)26)31(11-19(32)33)22(34)25(27,28)29/h4-8,10,15H,9,11-13H2,1-3H3,(H,30,35)(H,32,33)/t15-/m0/s1. The van der Waals surface area contributed by atoms with Gasteiger partial charge in [-0.25, -0.2) is 9.18 Å². The number of fused-ring (bicyclic) bond motifs is 1. The molecule has 0 saturated heterocycles. The van der Waals surface area contributed by atoms with E-state index in [-0.39, 0.29) is 35.8 Å². The number of amides is 2. The molecule has 0 unspecified atom stereocenters. The van der Waals surface area contributed by atoms with E-state index in [0.29, 0.717) is 5.56 Å². The summed E-state index contributed by atoms with van der Waals surface area (Å²) in [4.78, 5) is 35.5. The molecule has 0 fully saturated rings. The minimum Gasteiger partial charge on any atom is -0.491 e. The average molecular weight is 542 g/mol. The van der Waals surface area contributed by atoms with Crippen molar-refractivity contribution in [3.63, 3.8) is 0 Å². The minimum absolute atomic E-state index is 0.0914. The van der Waals surface area contributed by atoms with Crippen LogP contribution in [0, 0.1) is 5.82 Å². The SMILES string of the molecule is CC(C)(C)OC(=O)N[C@@H]1COc2cc(OCc3ccccc3)c(N(CC(=O)O)C(=O)C(F)(F)F)c(F)c2C1. The summed E-state index contributed by atoms with van der Waals surface area (Å²) in [6.07, 6.45) is -6.57. The van der Waals surface area contributed by atoms with E-state index in [1.54, 1.807) is 51.1 Å². The number of anilines is 1. The number of alkyl carbamates (subject to hydrolysis) is 1. The maximum Gasteiger partial charge on any atom is 0.471 e. The average Bonchev–Trinajstić information content (AvgIpc) is 2.80. The molecule has 1 aliphatic rings. The van der Waals surface area contributed by atoms with Crippen molar-refractivity contribution in [3.8, 4) is 11.5 Å². The van der Waals surface area contributed by atoms with Gasteiger partial charge in [0.2, 0.25) is 0 Å². The summed E-state index contributed by atoms with van der Waals surface area (Å²) >= 11 is 0. The van der Waals surface area contributed by atoms with Crippen molar-refractivity contribution in [3.05, 3.63) is 53.3 Å². The molecule has 1 atom stereocenters. The third kappa shape index (κ3) is 7.26. The first-order valence-electron chi connectivity index (χ1n) is 11.4. The van der Waals surface area contributed by atoms with Crippen molar-refractivity contribution in [1.29, 1.82) is 0 Å². The van der Waals surface area contributed by atoms with Gasteiger partial charge in [0.25, 0.3) is 0 Å². The van der Waals surface area contributed by atoms with E-state index < -0.39 is 59.6 Å². The van der Waals surface area contributed by atoms with Gasteiger partial charge < -0.3 is 24.6 Å². The summed E-state index contributed by atoms with van der Waals surface area (Å²) < 4.78 is 72.4. The highest BCUT2D eigenvalue weighted by molar-refractivity contribution is 6.02. The van der Waals surface area contributed by atoms with Crippen LogP contribution in [0.3, 0.4) is 0 Å². The Morgan fingerprint density at radius 2 is 1.82 bits per heavy atom. The molecule has 0 aliphatic carbocycles. The number of nitrogens with zero attached hydrogens (tertiary/aromatic N) is 1. The Morgan fingerprint density at radius 3 is 2.39 bits per heavy atom. The second-order valence-electron chi connectivity index (χ2n) is 9.43. The molecule has 2 aromatic rings. The van der Waals surface area contributed by atoms with Crippen LogP contribution in [0.1, 0.15) is 31.9 Å². The molecule has 3 rings (SSSR count). The molecule has 2 amide bonds. The number of benzene rings is 2. The van der Waals surface area contributed by atoms with Crippen molar-refractivity contribution < 1.29 is 51.3 Å². The van der Waals surface area contributed by atoms with Crippen molar-refractivity contribution in [2.45, 2.75) is 51.6 Å². The summed E-state index contributed by atoms with van der Waals surface area (Å²) in [5.41, 5.74) is -1.53. The Labute approximate surface area is 215 Å². The van der Waals surface area contributed by atoms with Crippen molar-refractivity contribution in [2.75, 3.05) is 18.1 Å². The normalized spacial score (nSPS) is 15.1. The van der Waals surface area contributed by atoms with E-state index in [1.165, 1.54) is 0 Å². The van der Waals surface area contributed by atoms with E-state index in [2.05, 4.69) is 5.32 Å². The number of rotatable bonds is 7. The first-order chi connectivity index (χ1) is 17.7. The van der Waals surface area contributed by atoms with Crippen LogP contribution in [0.2, 0.25) is 0 Å². The molecule has 0 aromatic heterocycles. The van der Waals surface area contributed by atoms with Gasteiger partial charge in [-0.3, -0.25) is 14.5 Å². The van der Waals surface area contributed by atoms with Crippen molar-refractivity contribution in [1.82, 2.24) is 5.32 Å². The number of carbonyl (C=O) groups excluding carboxylic acids is 2. The maximum absolute atomic E-state index is 15.9. The number of carboxylic acid groups (broad SMARTS) is 1. The third-order valence-electron chi connectivity index (χ3n) is 5.17. The molecular formula is C25H26F4N2O7. The number of carbonyl (C=O) groups is 3. The van der Waals surface area contributed by atoms with Crippen LogP contribution in [-0.2, 0) is 27.4 Å². The molecule has 0 bridgehead atoms. The highest BCUT2D eigenvalue weighted by Crippen LogP contribution is 2.42. The van der Waals surface area contributed by atoms with Crippen LogP contribution in [0.5, 0.6) is 11.5 Å². The van der Waals surface area contributed by atoms with E-state index in [4.69, 9.17) is 14.2 Å². The monoisotopic (exact) mass is 542 g/mol. The highest BCUT2D eigenvalue weighted by Gasteiger charge is 2.46. The van der Waals surface area contributed by atoms with Crippen LogP contribution in [0.25, 0.3) is 0 Å². The fourth-order valence-corrected chi connectivity index (χ4v) is 3.65. The minimum atomic E-state index is -5.51. The summed E-state index contributed by atoms with van der Waals surface area (Å²) in [6.45, 7) is 3.07. The highest BCUT2D eigenvalue weighted by atomic mass is 19.4. The van der Waals surface area contributed by atoms with E-state index in [1.807, 2.05) is 0 Å². The van der Waals surface area contributed by atoms with Gasteiger partial charge in [0.15, 0.2) is 5.82 Å². The molecule has 38 heavy (non-hydrogen) atoms. The molecule has 0 spiro atoms. The van der Waals surface area contributed by atoms with Gasteiger partial charge in [-0.1, -0.05) is 30.3 Å². The van der Waals surface area contributed by atoms with Gasteiger partial charge in [0.05, 0.1) is 6.04 Å². The quantitative estimate of drug-likeness (QED) is 0.504. The number of halogens is 4.